The average Bonchev–Trinajstić information content (AvgIpc) is 2.63. The number of nitrogens with zero attached hydrogens (tertiary/aromatic N) is 1. The van der Waals surface area contributed by atoms with Crippen molar-refractivity contribution in [1.82, 2.24) is 10.2 Å². The SMILES string of the molecule is Cc1ccc(C(=O)N(C)C)cc1NC(=O)NC(C)CC(C)(C)c1ccccc1. The molecule has 0 heterocycles. The lowest BCUT2D eigenvalue weighted by Gasteiger charge is -2.29. The molecular formula is C23H31N3O2. The van der Waals surface area contributed by atoms with Crippen molar-refractivity contribution >= 4 is 17.6 Å². The van der Waals surface area contributed by atoms with Crippen molar-refractivity contribution in [1.29, 1.82) is 0 Å². The number of carbonyl (C=O) groups excluding carboxylic acids is 2. The van der Waals surface area contributed by atoms with Crippen LogP contribution in [0.2, 0.25) is 0 Å². The van der Waals surface area contributed by atoms with Crippen LogP contribution in [0.25, 0.3) is 0 Å². The van der Waals surface area contributed by atoms with E-state index in [0.717, 1.165) is 12.0 Å². The molecule has 2 rings (SSSR count). The van der Waals surface area contributed by atoms with Crippen molar-refractivity contribution in [3.8, 4) is 0 Å². The third kappa shape index (κ3) is 5.59. The highest BCUT2D eigenvalue weighted by Gasteiger charge is 2.24. The van der Waals surface area contributed by atoms with Crippen LogP contribution >= 0.6 is 0 Å². The molecule has 5 nitrogen and oxygen atoms in total. The fraction of sp³-hybridized carbons (Fsp3) is 0.391. The summed E-state index contributed by atoms with van der Waals surface area (Å²) in [7, 11) is 3.41. The monoisotopic (exact) mass is 381 g/mol. The van der Waals surface area contributed by atoms with Crippen molar-refractivity contribution in [2.75, 3.05) is 19.4 Å². The van der Waals surface area contributed by atoms with Crippen LogP contribution in [0.4, 0.5) is 10.5 Å². The lowest BCUT2D eigenvalue weighted by molar-refractivity contribution is 0.0827. The topological polar surface area (TPSA) is 61.4 Å². The predicted octanol–water partition coefficient (Wildman–Crippen LogP) is 4.57. The summed E-state index contributed by atoms with van der Waals surface area (Å²) in [5.74, 6) is -0.0959. The molecule has 0 aliphatic carbocycles. The first-order valence-corrected chi connectivity index (χ1v) is 9.55. The van der Waals surface area contributed by atoms with E-state index in [-0.39, 0.29) is 23.4 Å². The van der Waals surface area contributed by atoms with E-state index in [9.17, 15) is 9.59 Å². The Morgan fingerprint density at radius 2 is 1.71 bits per heavy atom. The zero-order chi connectivity index (χ0) is 20.9. The molecule has 2 aromatic carbocycles. The van der Waals surface area contributed by atoms with E-state index < -0.39 is 0 Å². The third-order valence-electron chi connectivity index (χ3n) is 4.89. The maximum atomic E-state index is 12.5. The Balaban J connectivity index is 2.02. The van der Waals surface area contributed by atoms with Crippen LogP contribution < -0.4 is 10.6 Å². The lowest BCUT2D eigenvalue weighted by Crippen LogP contribution is -2.39. The Hall–Kier alpha value is -2.82. The molecule has 0 aliphatic rings. The molecule has 2 aromatic rings. The highest BCUT2D eigenvalue weighted by atomic mass is 16.2. The van der Waals surface area contributed by atoms with Gasteiger partial charge in [0.1, 0.15) is 0 Å². The smallest absolute Gasteiger partial charge is 0.319 e. The van der Waals surface area contributed by atoms with Crippen LogP contribution in [0.1, 0.15) is 48.7 Å². The number of hydrogen-bond acceptors (Lipinski definition) is 2. The van der Waals surface area contributed by atoms with E-state index in [1.807, 2.05) is 38.1 Å². The second-order valence-corrected chi connectivity index (χ2v) is 8.18. The minimum Gasteiger partial charge on any atom is -0.345 e. The molecule has 28 heavy (non-hydrogen) atoms. The summed E-state index contributed by atoms with van der Waals surface area (Å²) < 4.78 is 0. The van der Waals surface area contributed by atoms with Gasteiger partial charge in [-0.1, -0.05) is 50.2 Å². The largest absolute Gasteiger partial charge is 0.345 e. The molecule has 0 saturated carbocycles. The van der Waals surface area contributed by atoms with Crippen molar-refractivity contribution < 1.29 is 9.59 Å². The Bertz CT molecular complexity index is 829. The van der Waals surface area contributed by atoms with Crippen LogP contribution in [0.3, 0.4) is 0 Å². The van der Waals surface area contributed by atoms with Gasteiger partial charge in [-0.3, -0.25) is 4.79 Å². The summed E-state index contributed by atoms with van der Waals surface area (Å²) in [6.07, 6.45) is 0.808. The molecule has 0 saturated heterocycles. The fourth-order valence-corrected chi connectivity index (χ4v) is 3.35. The zero-order valence-corrected chi connectivity index (χ0v) is 17.7. The van der Waals surface area contributed by atoms with E-state index >= 15 is 0 Å². The van der Waals surface area contributed by atoms with Gasteiger partial charge in [0.15, 0.2) is 0 Å². The average molecular weight is 382 g/mol. The van der Waals surface area contributed by atoms with Gasteiger partial charge in [0.05, 0.1) is 0 Å². The molecule has 0 aliphatic heterocycles. The van der Waals surface area contributed by atoms with Gasteiger partial charge >= 0.3 is 6.03 Å². The molecule has 1 unspecified atom stereocenters. The molecule has 0 radical (unpaired) electrons. The first-order valence-electron chi connectivity index (χ1n) is 9.55. The van der Waals surface area contributed by atoms with Crippen molar-refractivity contribution in [2.24, 2.45) is 0 Å². The van der Waals surface area contributed by atoms with Crippen LogP contribution in [0.15, 0.2) is 48.5 Å². The summed E-state index contributed by atoms with van der Waals surface area (Å²) >= 11 is 0. The number of carbonyl (C=O) groups is 2. The van der Waals surface area contributed by atoms with E-state index in [4.69, 9.17) is 0 Å². The van der Waals surface area contributed by atoms with Gasteiger partial charge in [-0.05, 0) is 48.9 Å². The van der Waals surface area contributed by atoms with Crippen LogP contribution in [0, 0.1) is 6.92 Å². The zero-order valence-electron chi connectivity index (χ0n) is 17.7. The summed E-state index contributed by atoms with van der Waals surface area (Å²) in [5, 5.41) is 5.89. The van der Waals surface area contributed by atoms with Gasteiger partial charge in [0, 0.05) is 31.4 Å². The highest BCUT2D eigenvalue weighted by Crippen LogP contribution is 2.28. The van der Waals surface area contributed by atoms with E-state index in [1.54, 1.807) is 26.2 Å². The lowest BCUT2D eigenvalue weighted by atomic mass is 9.79. The van der Waals surface area contributed by atoms with E-state index in [2.05, 4.69) is 36.6 Å². The van der Waals surface area contributed by atoms with Crippen molar-refractivity contribution in [3.63, 3.8) is 0 Å². The first kappa shape index (κ1) is 21.5. The number of urea groups is 1. The Morgan fingerprint density at radius 3 is 2.32 bits per heavy atom. The van der Waals surface area contributed by atoms with E-state index in [0.29, 0.717) is 11.3 Å². The minimum atomic E-state index is -0.270. The molecule has 0 aromatic heterocycles. The molecule has 0 bridgehead atoms. The Kier molecular flexibility index (Phi) is 6.84. The van der Waals surface area contributed by atoms with Crippen molar-refractivity contribution in [3.05, 3.63) is 65.2 Å². The number of benzene rings is 2. The van der Waals surface area contributed by atoms with Crippen molar-refractivity contribution in [2.45, 2.75) is 45.6 Å². The van der Waals surface area contributed by atoms with Gasteiger partial charge < -0.3 is 15.5 Å². The summed E-state index contributed by atoms with van der Waals surface area (Å²) in [6.45, 7) is 8.27. The minimum absolute atomic E-state index is 0.0119. The van der Waals surface area contributed by atoms with Gasteiger partial charge in [0.25, 0.3) is 5.91 Å². The molecule has 5 heteroatoms. The summed E-state index contributed by atoms with van der Waals surface area (Å²) in [6, 6.07) is 15.4. The molecule has 150 valence electrons. The number of hydrogen-bond donors (Lipinski definition) is 2. The molecule has 0 spiro atoms. The quantitative estimate of drug-likeness (QED) is 0.770. The van der Waals surface area contributed by atoms with Gasteiger partial charge in [0.2, 0.25) is 0 Å². The molecular weight excluding hydrogens is 350 g/mol. The normalized spacial score (nSPS) is 12.2. The summed E-state index contributed by atoms with van der Waals surface area (Å²) in [4.78, 5) is 26.2. The number of rotatable bonds is 6. The maximum Gasteiger partial charge on any atom is 0.319 e. The molecule has 2 N–H and O–H groups in total. The van der Waals surface area contributed by atoms with Gasteiger partial charge in [-0.15, -0.1) is 0 Å². The number of aryl methyl sites for hydroxylation is 1. The fourth-order valence-electron chi connectivity index (χ4n) is 3.35. The molecule has 3 amide bonds. The standard InChI is InChI=1S/C23H31N3O2/c1-16-12-13-18(21(27)26(5)6)14-20(16)25-22(28)24-17(2)15-23(3,4)19-10-8-7-9-11-19/h7-14,17H,15H2,1-6H3,(H2,24,25,28). The Labute approximate surface area is 168 Å². The highest BCUT2D eigenvalue weighted by molar-refractivity contribution is 5.97. The molecule has 0 fully saturated rings. The third-order valence-corrected chi connectivity index (χ3v) is 4.89. The molecule has 1 atom stereocenters. The van der Waals surface area contributed by atoms with E-state index in [1.165, 1.54) is 10.5 Å². The van der Waals surface area contributed by atoms with Crippen LogP contribution in [-0.4, -0.2) is 37.0 Å². The summed E-state index contributed by atoms with van der Waals surface area (Å²) in [5.41, 5.74) is 3.28. The number of nitrogens with one attached hydrogen (secondary N) is 2. The second-order valence-electron chi connectivity index (χ2n) is 8.18. The predicted molar refractivity (Wildman–Crippen MR) is 115 cm³/mol. The van der Waals surface area contributed by atoms with Crippen LogP contribution in [-0.2, 0) is 5.41 Å². The second kappa shape index (κ2) is 8.91. The maximum absolute atomic E-state index is 12.5. The Morgan fingerprint density at radius 1 is 1.07 bits per heavy atom. The first-order chi connectivity index (χ1) is 13.1. The van der Waals surface area contributed by atoms with Crippen LogP contribution in [0.5, 0.6) is 0 Å². The number of anilines is 1. The number of amides is 3. The van der Waals surface area contributed by atoms with Gasteiger partial charge in [-0.25, -0.2) is 4.79 Å². The van der Waals surface area contributed by atoms with Gasteiger partial charge in [-0.2, -0.15) is 0 Å².